The summed E-state index contributed by atoms with van der Waals surface area (Å²) in [6.45, 7) is 4.66. The predicted molar refractivity (Wildman–Crippen MR) is 75.3 cm³/mol. The molecule has 0 atom stereocenters. The number of hydrogen-bond acceptors (Lipinski definition) is 2. The van der Waals surface area contributed by atoms with Crippen LogP contribution in [0.25, 0.3) is 0 Å². The molecule has 0 spiro atoms. The van der Waals surface area contributed by atoms with Crippen molar-refractivity contribution in [1.82, 2.24) is 4.90 Å². The highest BCUT2D eigenvalue weighted by Crippen LogP contribution is 2.24. The Morgan fingerprint density at radius 1 is 0.947 bits per heavy atom. The van der Waals surface area contributed by atoms with Gasteiger partial charge in [-0.15, -0.1) is 0 Å². The lowest BCUT2D eigenvalue weighted by Crippen LogP contribution is -2.30. The molecule has 2 rings (SSSR count). The van der Waals surface area contributed by atoms with E-state index < -0.39 is 0 Å². The molecule has 2 amide bonds. The molecule has 1 aromatic carbocycles. The summed E-state index contributed by atoms with van der Waals surface area (Å²) >= 11 is 0. The lowest BCUT2D eigenvalue weighted by molar-refractivity contribution is 0.0651. The van der Waals surface area contributed by atoms with Crippen molar-refractivity contribution in [3.63, 3.8) is 0 Å². The van der Waals surface area contributed by atoms with E-state index in [1.165, 1.54) is 24.2 Å². The molecule has 0 fully saturated rings. The van der Waals surface area contributed by atoms with E-state index >= 15 is 0 Å². The standard InChI is InChI=1S/C16H21NO2/c1-3-4-5-6-7-10-17-15(18)13-9-8-12(2)11-14(13)16(17)19/h8-9,11H,3-7,10H2,1-2H3. The molecule has 1 aromatic rings. The first-order chi connectivity index (χ1) is 9.15. The molecule has 102 valence electrons. The summed E-state index contributed by atoms with van der Waals surface area (Å²) < 4.78 is 0. The minimum absolute atomic E-state index is 0.126. The van der Waals surface area contributed by atoms with Gasteiger partial charge >= 0.3 is 0 Å². The fourth-order valence-electron chi connectivity index (χ4n) is 2.48. The molecule has 1 aliphatic rings. The molecular formula is C16H21NO2. The molecule has 0 N–H and O–H groups in total. The van der Waals surface area contributed by atoms with Crippen LogP contribution in [0.2, 0.25) is 0 Å². The number of aryl methyl sites for hydroxylation is 1. The minimum atomic E-state index is -0.129. The summed E-state index contributed by atoms with van der Waals surface area (Å²) in [6, 6.07) is 5.46. The Hall–Kier alpha value is -1.64. The van der Waals surface area contributed by atoms with E-state index in [-0.39, 0.29) is 11.8 Å². The number of hydrogen-bond donors (Lipinski definition) is 0. The lowest BCUT2D eigenvalue weighted by atomic mass is 10.1. The highest BCUT2D eigenvalue weighted by atomic mass is 16.2. The first-order valence-corrected chi connectivity index (χ1v) is 7.12. The van der Waals surface area contributed by atoms with Crippen LogP contribution in [-0.2, 0) is 0 Å². The summed E-state index contributed by atoms with van der Waals surface area (Å²) in [6.07, 6.45) is 5.59. The highest BCUT2D eigenvalue weighted by molar-refractivity contribution is 6.21. The monoisotopic (exact) mass is 259 g/mol. The normalized spacial score (nSPS) is 14.1. The van der Waals surface area contributed by atoms with Gasteiger partial charge in [-0.25, -0.2) is 0 Å². The maximum Gasteiger partial charge on any atom is 0.261 e. The number of rotatable bonds is 6. The van der Waals surface area contributed by atoms with Crippen LogP contribution in [0.5, 0.6) is 0 Å². The zero-order chi connectivity index (χ0) is 13.8. The van der Waals surface area contributed by atoms with Gasteiger partial charge in [-0.05, 0) is 25.5 Å². The van der Waals surface area contributed by atoms with Crippen molar-refractivity contribution >= 4 is 11.8 Å². The van der Waals surface area contributed by atoms with E-state index in [4.69, 9.17) is 0 Å². The molecule has 19 heavy (non-hydrogen) atoms. The Kier molecular flexibility index (Phi) is 4.35. The molecule has 1 aliphatic heterocycles. The van der Waals surface area contributed by atoms with Gasteiger partial charge in [0.1, 0.15) is 0 Å². The van der Waals surface area contributed by atoms with Gasteiger partial charge in [-0.1, -0.05) is 44.2 Å². The van der Waals surface area contributed by atoms with Gasteiger partial charge in [0.2, 0.25) is 0 Å². The average molecular weight is 259 g/mol. The van der Waals surface area contributed by atoms with Gasteiger partial charge < -0.3 is 0 Å². The van der Waals surface area contributed by atoms with Gasteiger partial charge in [0, 0.05) is 6.54 Å². The van der Waals surface area contributed by atoms with E-state index in [1.54, 1.807) is 6.07 Å². The van der Waals surface area contributed by atoms with E-state index in [0.29, 0.717) is 17.7 Å². The van der Waals surface area contributed by atoms with Crippen LogP contribution in [-0.4, -0.2) is 23.3 Å². The summed E-state index contributed by atoms with van der Waals surface area (Å²) in [4.78, 5) is 25.7. The van der Waals surface area contributed by atoms with E-state index in [1.807, 2.05) is 19.1 Å². The van der Waals surface area contributed by atoms with Crippen LogP contribution in [0.4, 0.5) is 0 Å². The number of fused-ring (bicyclic) bond motifs is 1. The molecule has 0 unspecified atom stereocenters. The Bertz CT molecular complexity index is 494. The second kappa shape index (κ2) is 6.00. The molecule has 0 bridgehead atoms. The largest absolute Gasteiger partial charge is 0.274 e. The van der Waals surface area contributed by atoms with Gasteiger partial charge in [0.05, 0.1) is 11.1 Å². The molecule has 3 nitrogen and oxygen atoms in total. The molecule has 0 saturated heterocycles. The molecule has 0 aliphatic carbocycles. The summed E-state index contributed by atoms with van der Waals surface area (Å²) in [7, 11) is 0. The van der Waals surface area contributed by atoms with Crippen molar-refractivity contribution in [2.24, 2.45) is 0 Å². The number of imide groups is 1. The van der Waals surface area contributed by atoms with E-state index in [9.17, 15) is 9.59 Å². The Balaban J connectivity index is 1.98. The molecule has 3 heteroatoms. The SMILES string of the molecule is CCCCCCCN1C(=O)c2ccc(C)cc2C1=O. The second-order valence-electron chi connectivity index (χ2n) is 5.23. The third-order valence-corrected chi connectivity index (χ3v) is 3.61. The molecule has 1 heterocycles. The highest BCUT2D eigenvalue weighted by Gasteiger charge is 2.34. The zero-order valence-corrected chi connectivity index (χ0v) is 11.7. The fraction of sp³-hybridized carbons (Fsp3) is 0.500. The van der Waals surface area contributed by atoms with Crippen LogP contribution in [0.1, 0.15) is 65.3 Å². The predicted octanol–water partition coefficient (Wildman–Crippen LogP) is 3.56. The van der Waals surface area contributed by atoms with Crippen molar-refractivity contribution in [3.05, 3.63) is 34.9 Å². The number of carbonyl (C=O) groups excluding carboxylic acids is 2. The van der Waals surface area contributed by atoms with Gasteiger partial charge in [0.15, 0.2) is 0 Å². The van der Waals surface area contributed by atoms with Gasteiger partial charge in [-0.3, -0.25) is 14.5 Å². The first-order valence-electron chi connectivity index (χ1n) is 7.12. The minimum Gasteiger partial charge on any atom is -0.274 e. The molecular weight excluding hydrogens is 238 g/mol. The third-order valence-electron chi connectivity index (χ3n) is 3.61. The third kappa shape index (κ3) is 2.86. The molecule has 0 radical (unpaired) electrons. The van der Waals surface area contributed by atoms with Crippen molar-refractivity contribution in [1.29, 1.82) is 0 Å². The number of carbonyl (C=O) groups is 2. The fourth-order valence-corrected chi connectivity index (χ4v) is 2.48. The van der Waals surface area contributed by atoms with Gasteiger partial charge in [0.25, 0.3) is 11.8 Å². The number of unbranched alkanes of at least 4 members (excludes halogenated alkanes) is 4. The van der Waals surface area contributed by atoms with E-state index in [0.717, 1.165) is 18.4 Å². The van der Waals surface area contributed by atoms with Crippen molar-refractivity contribution in [2.75, 3.05) is 6.54 Å². The maximum absolute atomic E-state index is 12.2. The Morgan fingerprint density at radius 2 is 1.63 bits per heavy atom. The zero-order valence-electron chi connectivity index (χ0n) is 11.7. The van der Waals surface area contributed by atoms with Crippen molar-refractivity contribution < 1.29 is 9.59 Å². The molecule has 0 saturated carbocycles. The topological polar surface area (TPSA) is 37.4 Å². The van der Waals surface area contributed by atoms with Gasteiger partial charge in [-0.2, -0.15) is 0 Å². The first kappa shape index (κ1) is 13.8. The van der Waals surface area contributed by atoms with Crippen LogP contribution < -0.4 is 0 Å². The quantitative estimate of drug-likeness (QED) is 0.578. The average Bonchev–Trinajstić information content (AvgIpc) is 2.63. The summed E-state index contributed by atoms with van der Waals surface area (Å²) in [5, 5.41) is 0. The van der Waals surface area contributed by atoms with Crippen LogP contribution in [0, 0.1) is 6.92 Å². The van der Waals surface area contributed by atoms with Crippen LogP contribution >= 0.6 is 0 Å². The van der Waals surface area contributed by atoms with E-state index in [2.05, 4.69) is 6.92 Å². The Morgan fingerprint density at radius 3 is 2.37 bits per heavy atom. The van der Waals surface area contributed by atoms with Crippen LogP contribution in [0.15, 0.2) is 18.2 Å². The van der Waals surface area contributed by atoms with Crippen molar-refractivity contribution in [2.45, 2.75) is 46.0 Å². The summed E-state index contributed by atoms with van der Waals surface area (Å²) in [5.74, 6) is -0.255. The van der Waals surface area contributed by atoms with Crippen molar-refractivity contribution in [3.8, 4) is 0 Å². The Labute approximate surface area is 114 Å². The van der Waals surface area contributed by atoms with Crippen LogP contribution in [0.3, 0.4) is 0 Å². The number of amides is 2. The number of nitrogens with zero attached hydrogens (tertiary/aromatic N) is 1. The molecule has 0 aromatic heterocycles. The maximum atomic E-state index is 12.2. The lowest BCUT2D eigenvalue weighted by Gasteiger charge is -2.13. The smallest absolute Gasteiger partial charge is 0.261 e. The number of benzene rings is 1. The second-order valence-corrected chi connectivity index (χ2v) is 5.23. The summed E-state index contributed by atoms with van der Waals surface area (Å²) in [5.41, 5.74) is 2.15.